The molecule has 1 aromatic rings. The summed E-state index contributed by atoms with van der Waals surface area (Å²) in [5.41, 5.74) is -0.353. The van der Waals surface area contributed by atoms with E-state index in [1.54, 1.807) is 12.1 Å². The monoisotopic (exact) mass is 272 g/mol. The van der Waals surface area contributed by atoms with Gasteiger partial charge in [-0.3, -0.25) is 8.98 Å². The first kappa shape index (κ1) is 14.7. The van der Waals surface area contributed by atoms with Gasteiger partial charge in [0.25, 0.3) is 10.1 Å². The van der Waals surface area contributed by atoms with Crippen molar-refractivity contribution in [3.05, 3.63) is 29.8 Å². The van der Waals surface area contributed by atoms with E-state index in [1.807, 2.05) is 6.92 Å². The molecule has 0 aromatic heterocycles. The SMILES string of the molecule is Cc1ccc(S(=O)(=O)OC(C)(C)CC(=O)O)cc1. The molecule has 0 aliphatic heterocycles. The second-order valence-corrected chi connectivity index (χ2v) is 6.23. The smallest absolute Gasteiger partial charge is 0.306 e. The van der Waals surface area contributed by atoms with E-state index in [0.29, 0.717) is 0 Å². The summed E-state index contributed by atoms with van der Waals surface area (Å²) in [5, 5.41) is 8.68. The van der Waals surface area contributed by atoms with Crippen LogP contribution in [0.15, 0.2) is 29.2 Å². The lowest BCUT2D eigenvalue weighted by molar-refractivity contribution is -0.140. The van der Waals surface area contributed by atoms with Crippen molar-refractivity contribution in [2.24, 2.45) is 0 Å². The van der Waals surface area contributed by atoms with E-state index in [1.165, 1.54) is 26.0 Å². The number of aliphatic carboxylic acids is 1. The molecule has 100 valence electrons. The molecule has 18 heavy (non-hydrogen) atoms. The number of carbonyl (C=O) groups is 1. The van der Waals surface area contributed by atoms with E-state index in [9.17, 15) is 13.2 Å². The number of hydrogen-bond acceptors (Lipinski definition) is 4. The van der Waals surface area contributed by atoms with Crippen molar-refractivity contribution in [1.82, 2.24) is 0 Å². The van der Waals surface area contributed by atoms with Gasteiger partial charge in [-0.25, -0.2) is 0 Å². The summed E-state index contributed by atoms with van der Waals surface area (Å²) in [6.07, 6.45) is -0.391. The minimum absolute atomic E-state index is 0.0200. The predicted molar refractivity (Wildman–Crippen MR) is 65.8 cm³/mol. The van der Waals surface area contributed by atoms with Gasteiger partial charge in [0.1, 0.15) is 0 Å². The maximum absolute atomic E-state index is 11.9. The van der Waals surface area contributed by atoms with Gasteiger partial charge in [-0.05, 0) is 32.9 Å². The first-order chi connectivity index (χ1) is 8.12. The quantitative estimate of drug-likeness (QED) is 0.829. The molecule has 1 N–H and O–H groups in total. The molecule has 0 radical (unpaired) electrons. The third-order valence-electron chi connectivity index (χ3n) is 2.22. The average molecular weight is 272 g/mol. The third kappa shape index (κ3) is 4.12. The van der Waals surface area contributed by atoms with Gasteiger partial charge in [-0.1, -0.05) is 17.7 Å². The van der Waals surface area contributed by atoms with Gasteiger partial charge in [-0.2, -0.15) is 8.42 Å². The maximum Gasteiger partial charge on any atom is 0.306 e. The highest BCUT2D eigenvalue weighted by Crippen LogP contribution is 2.23. The first-order valence-electron chi connectivity index (χ1n) is 5.36. The molecule has 0 aliphatic carbocycles. The Morgan fingerprint density at radius 2 is 1.78 bits per heavy atom. The highest BCUT2D eigenvalue weighted by Gasteiger charge is 2.30. The van der Waals surface area contributed by atoms with Crippen LogP contribution in [0.2, 0.25) is 0 Å². The molecule has 0 heterocycles. The second kappa shape index (κ2) is 5.07. The lowest BCUT2D eigenvalue weighted by Crippen LogP contribution is -2.31. The largest absolute Gasteiger partial charge is 0.481 e. The van der Waals surface area contributed by atoms with Crippen molar-refractivity contribution < 1.29 is 22.5 Å². The van der Waals surface area contributed by atoms with Crippen LogP contribution in [0.1, 0.15) is 25.8 Å². The zero-order chi connectivity index (χ0) is 14.0. The van der Waals surface area contributed by atoms with Gasteiger partial charge in [-0.15, -0.1) is 0 Å². The molecule has 0 bridgehead atoms. The van der Waals surface area contributed by atoms with Crippen LogP contribution in [-0.4, -0.2) is 25.1 Å². The maximum atomic E-state index is 11.9. The zero-order valence-corrected chi connectivity index (χ0v) is 11.3. The fourth-order valence-electron chi connectivity index (χ4n) is 1.44. The number of rotatable bonds is 5. The number of aryl methyl sites for hydroxylation is 1. The van der Waals surface area contributed by atoms with E-state index >= 15 is 0 Å². The van der Waals surface area contributed by atoms with Crippen molar-refractivity contribution in [2.45, 2.75) is 37.7 Å². The molecule has 6 heteroatoms. The molecule has 0 saturated heterocycles. The molecule has 0 atom stereocenters. The van der Waals surface area contributed by atoms with Gasteiger partial charge in [0.2, 0.25) is 0 Å². The van der Waals surface area contributed by atoms with E-state index in [4.69, 9.17) is 9.29 Å². The van der Waals surface area contributed by atoms with Crippen molar-refractivity contribution in [2.75, 3.05) is 0 Å². The van der Waals surface area contributed by atoms with Crippen molar-refractivity contribution >= 4 is 16.1 Å². The van der Waals surface area contributed by atoms with Gasteiger partial charge in [0.15, 0.2) is 0 Å². The number of benzene rings is 1. The van der Waals surface area contributed by atoms with Gasteiger partial charge < -0.3 is 5.11 Å². The lowest BCUT2D eigenvalue weighted by atomic mass is 10.1. The van der Waals surface area contributed by atoms with Crippen LogP contribution in [0.5, 0.6) is 0 Å². The third-order valence-corrected chi connectivity index (χ3v) is 3.74. The van der Waals surface area contributed by atoms with Crippen molar-refractivity contribution in [1.29, 1.82) is 0 Å². The molecule has 1 rings (SSSR count). The molecule has 0 spiro atoms. The summed E-state index contributed by atoms with van der Waals surface area (Å²) in [4.78, 5) is 10.6. The Balaban J connectivity index is 2.95. The molecular weight excluding hydrogens is 256 g/mol. The fraction of sp³-hybridized carbons (Fsp3) is 0.417. The minimum atomic E-state index is -3.94. The standard InChI is InChI=1S/C12H16O5S/c1-9-4-6-10(7-5-9)18(15,16)17-12(2,3)8-11(13)14/h4-7H,8H2,1-3H3,(H,13,14). The highest BCUT2D eigenvalue weighted by molar-refractivity contribution is 7.86. The Kier molecular flexibility index (Phi) is 4.13. The second-order valence-electron chi connectivity index (χ2n) is 4.68. The van der Waals surface area contributed by atoms with Crippen LogP contribution in [0.4, 0.5) is 0 Å². The summed E-state index contributed by atoms with van der Waals surface area (Å²) >= 11 is 0. The summed E-state index contributed by atoms with van der Waals surface area (Å²) in [5.74, 6) is -1.11. The summed E-state index contributed by atoms with van der Waals surface area (Å²) in [6, 6.07) is 6.17. The summed E-state index contributed by atoms with van der Waals surface area (Å²) in [6.45, 7) is 4.69. The van der Waals surface area contributed by atoms with E-state index in [-0.39, 0.29) is 4.90 Å². The first-order valence-corrected chi connectivity index (χ1v) is 6.77. The molecule has 0 aliphatic rings. The van der Waals surface area contributed by atoms with Gasteiger partial charge in [0.05, 0.1) is 16.9 Å². The molecule has 5 nitrogen and oxygen atoms in total. The van der Waals surface area contributed by atoms with Gasteiger partial charge >= 0.3 is 5.97 Å². The number of carboxylic acid groups (broad SMARTS) is 1. The van der Waals surface area contributed by atoms with E-state index in [0.717, 1.165) is 5.56 Å². The van der Waals surface area contributed by atoms with Gasteiger partial charge in [0, 0.05) is 0 Å². The predicted octanol–water partition coefficient (Wildman–Crippen LogP) is 1.95. The molecule has 0 fully saturated rings. The minimum Gasteiger partial charge on any atom is -0.481 e. The molecule has 0 amide bonds. The topological polar surface area (TPSA) is 80.7 Å². The summed E-state index contributed by atoms with van der Waals surface area (Å²) < 4.78 is 28.8. The average Bonchev–Trinajstić information content (AvgIpc) is 2.13. The van der Waals surface area contributed by atoms with Crippen LogP contribution in [-0.2, 0) is 19.1 Å². The Bertz CT molecular complexity index is 528. The van der Waals surface area contributed by atoms with Crippen molar-refractivity contribution in [3.63, 3.8) is 0 Å². The van der Waals surface area contributed by atoms with E-state index < -0.39 is 28.1 Å². The van der Waals surface area contributed by atoms with Crippen LogP contribution in [0, 0.1) is 6.92 Å². The highest BCUT2D eigenvalue weighted by atomic mass is 32.2. The van der Waals surface area contributed by atoms with E-state index in [2.05, 4.69) is 0 Å². The lowest BCUT2D eigenvalue weighted by Gasteiger charge is -2.22. The number of hydrogen-bond donors (Lipinski definition) is 1. The molecule has 1 aromatic carbocycles. The van der Waals surface area contributed by atoms with Crippen LogP contribution in [0.3, 0.4) is 0 Å². The molecular formula is C12H16O5S. The summed E-state index contributed by atoms with van der Waals surface area (Å²) in [7, 11) is -3.94. The molecule has 0 unspecified atom stereocenters. The normalized spacial score (nSPS) is 12.4. The van der Waals surface area contributed by atoms with Crippen LogP contribution >= 0.6 is 0 Å². The fourth-order valence-corrected chi connectivity index (χ4v) is 2.66. The zero-order valence-electron chi connectivity index (χ0n) is 10.5. The van der Waals surface area contributed by atoms with Crippen LogP contribution < -0.4 is 0 Å². The Labute approximate surface area is 107 Å². The Morgan fingerprint density at radius 3 is 2.22 bits per heavy atom. The van der Waals surface area contributed by atoms with Crippen molar-refractivity contribution in [3.8, 4) is 0 Å². The Hall–Kier alpha value is -1.40. The van der Waals surface area contributed by atoms with Crippen LogP contribution in [0.25, 0.3) is 0 Å². The molecule has 0 saturated carbocycles. The number of carboxylic acids is 1. The Morgan fingerprint density at radius 1 is 1.28 bits per heavy atom.